The van der Waals surface area contributed by atoms with Crippen LogP contribution in [0.4, 0.5) is 13.2 Å². The summed E-state index contributed by atoms with van der Waals surface area (Å²) in [6.07, 6.45) is -4.88. The lowest BCUT2D eigenvalue weighted by Crippen LogP contribution is -2.31. The molecular weight excluding hydrogens is 499 g/mol. The van der Waals surface area contributed by atoms with E-state index in [9.17, 15) is 23.1 Å². The topological polar surface area (TPSA) is 53.7 Å². The van der Waals surface area contributed by atoms with Crippen LogP contribution in [-0.4, -0.2) is 23.1 Å². The van der Waals surface area contributed by atoms with Crippen molar-refractivity contribution in [1.82, 2.24) is 4.90 Å². The minimum absolute atomic E-state index is 0. The fourth-order valence-electron chi connectivity index (χ4n) is 3.98. The third-order valence-electron chi connectivity index (χ3n) is 5.09. The zero-order valence-corrected chi connectivity index (χ0v) is 20.8. The molecule has 0 unspecified atom stereocenters. The van der Waals surface area contributed by atoms with Crippen molar-refractivity contribution >= 4 is 28.0 Å². The normalized spacial score (nSPS) is 12.1. The van der Waals surface area contributed by atoms with Gasteiger partial charge in [-0.25, -0.2) is 0 Å². The highest BCUT2D eigenvalue weighted by molar-refractivity contribution is 8.93. The smallest absolute Gasteiger partial charge is 0.450 e. The Morgan fingerprint density at radius 2 is 1.55 bits per heavy atom. The number of hydrogen-bond acceptors (Lipinski definition) is 4. The number of phenolic OH excluding ortho intramolecular Hbond substituents is 1. The van der Waals surface area contributed by atoms with Gasteiger partial charge in [-0.2, -0.15) is 13.2 Å². The predicted octanol–water partition coefficient (Wildman–Crippen LogP) is 6.88. The number of alkyl halides is 3. The van der Waals surface area contributed by atoms with Crippen LogP contribution >= 0.6 is 17.0 Å². The maximum atomic E-state index is 14.0. The standard InChI is InChI=1S/C25H28F3NO3.BrH/c1-15(2)12-29(13-16(3)4)14-19-20(30)11-10-18-22(31)21(17-8-6-5-7-9-17)24(25(26,27)28)32-23(18)19;/h5-11,15-16,30H,12-14H2,1-4H3;1H. The lowest BCUT2D eigenvalue weighted by atomic mass is 10.00. The van der Waals surface area contributed by atoms with E-state index in [4.69, 9.17) is 4.42 Å². The first-order valence-corrected chi connectivity index (χ1v) is 10.7. The Kier molecular flexibility index (Phi) is 8.76. The fourth-order valence-corrected chi connectivity index (χ4v) is 3.98. The van der Waals surface area contributed by atoms with E-state index in [-0.39, 0.29) is 51.4 Å². The van der Waals surface area contributed by atoms with Crippen molar-refractivity contribution in [1.29, 1.82) is 0 Å². The summed E-state index contributed by atoms with van der Waals surface area (Å²) < 4.78 is 47.3. The van der Waals surface area contributed by atoms with Crippen molar-refractivity contribution in [3.05, 3.63) is 64.0 Å². The highest BCUT2D eigenvalue weighted by Gasteiger charge is 2.39. The van der Waals surface area contributed by atoms with Crippen molar-refractivity contribution in [3.8, 4) is 16.9 Å². The highest BCUT2D eigenvalue weighted by atomic mass is 79.9. The minimum Gasteiger partial charge on any atom is -0.507 e. The van der Waals surface area contributed by atoms with Gasteiger partial charge in [0, 0.05) is 19.6 Å². The van der Waals surface area contributed by atoms with Crippen LogP contribution in [0.25, 0.3) is 22.1 Å². The monoisotopic (exact) mass is 527 g/mol. The molecule has 4 nitrogen and oxygen atoms in total. The average Bonchev–Trinajstić information content (AvgIpc) is 2.69. The van der Waals surface area contributed by atoms with Crippen molar-refractivity contribution in [3.63, 3.8) is 0 Å². The quantitative estimate of drug-likeness (QED) is 0.364. The van der Waals surface area contributed by atoms with E-state index in [1.165, 1.54) is 24.3 Å². The number of fused-ring (bicyclic) bond motifs is 1. The Morgan fingerprint density at radius 1 is 0.970 bits per heavy atom. The Balaban J connectivity index is 0.00000385. The lowest BCUT2D eigenvalue weighted by molar-refractivity contribution is -0.152. The molecule has 2 aromatic carbocycles. The zero-order chi connectivity index (χ0) is 23.6. The first kappa shape index (κ1) is 26.9. The summed E-state index contributed by atoms with van der Waals surface area (Å²) in [5.41, 5.74) is -1.20. The lowest BCUT2D eigenvalue weighted by Gasteiger charge is -2.27. The highest BCUT2D eigenvalue weighted by Crippen LogP contribution is 2.39. The third-order valence-corrected chi connectivity index (χ3v) is 5.09. The van der Waals surface area contributed by atoms with Crippen LogP contribution in [0.3, 0.4) is 0 Å². The van der Waals surface area contributed by atoms with Crippen LogP contribution < -0.4 is 5.43 Å². The molecule has 0 amide bonds. The molecule has 0 aliphatic heterocycles. The second-order valence-corrected chi connectivity index (χ2v) is 8.92. The molecule has 1 N–H and O–H groups in total. The number of phenols is 1. The summed E-state index contributed by atoms with van der Waals surface area (Å²) in [6, 6.07) is 10.4. The van der Waals surface area contributed by atoms with Crippen LogP contribution in [0, 0.1) is 11.8 Å². The van der Waals surface area contributed by atoms with E-state index in [1.54, 1.807) is 18.2 Å². The molecule has 1 aromatic heterocycles. The molecule has 33 heavy (non-hydrogen) atoms. The molecule has 0 radical (unpaired) electrons. The maximum absolute atomic E-state index is 14.0. The number of aromatic hydroxyl groups is 1. The summed E-state index contributed by atoms with van der Waals surface area (Å²) >= 11 is 0. The van der Waals surface area contributed by atoms with Gasteiger partial charge in [0.05, 0.1) is 16.5 Å². The Morgan fingerprint density at radius 3 is 2.06 bits per heavy atom. The van der Waals surface area contributed by atoms with Crippen LogP contribution in [0.1, 0.15) is 39.0 Å². The molecule has 8 heteroatoms. The van der Waals surface area contributed by atoms with Gasteiger partial charge in [0.25, 0.3) is 0 Å². The van der Waals surface area contributed by atoms with E-state index < -0.39 is 22.9 Å². The number of nitrogens with zero attached hydrogens (tertiary/aromatic N) is 1. The number of benzene rings is 2. The number of hydrogen-bond donors (Lipinski definition) is 1. The van der Waals surface area contributed by atoms with Gasteiger partial charge in [0.15, 0.2) is 0 Å². The molecule has 1 heterocycles. The van der Waals surface area contributed by atoms with E-state index in [2.05, 4.69) is 4.90 Å². The molecule has 0 saturated heterocycles. The third kappa shape index (κ3) is 6.18. The number of rotatable bonds is 7. The largest absolute Gasteiger partial charge is 0.507 e. The van der Waals surface area contributed by atoms with Crippen LogP contribution in [0.5, 0.6) is 5.75 Å². The van der Waals surface area contributed by atoms with Gasteiger partial charge in [-0.05, 0) is 29.5 Å². The molecule has 0 bridgehead atoms. The summed E-state index contributed by atoms with van der Waals surface area (Å²) in [5.74, 6) is -0.923. The van der Waals surface area contributed by atoms with E-state index in [0.29, 0.717) is 24.9 Å². The van der Waals surface area contributed by atoms with Gasteiger partial charge in [0.2, 0.25) is 11.2 Å². The van der Waals surface area contributed by atoms with Crippen molar-refractivity contribution in [2.75, 3.05) is 13.1 Å². The Labute approximate surface area is 201 Å². The summed E-state index contributed by atoms with van der Waals surface area (Å²) in [6.45, 7) is 9.73. The summed E-state index contributed by atoms with van der Waals surface area (Å²) in [5, 5.41) is 10.5. The van der Waals surface area contributed by atoms with E-state index >= 15 is 0 Å². The molecule has 0 spiro atoms. The SMILES string of the molecule is Br.CC(C)CN(Cc1c(O)ccc2c(=O)c(-c3ccccc3)c(C(F)(F)F)oc12)CC(C)C. The first-order valence-electron chi connectivity index (χ1n) is 10.7. The van der Waals surface area contributed by atoms with Gasteiger partial charge in [-0.3, -0.25) is 9.69 Å². The van der Waals surface area contributed by atoms with Crippen molar-refractivity contribution in [2.45, 2.75) is 40.4 Å². The van der Waals surface area contributed by atoms with E-state index in [0.717, 1.165) is 0 Å². The van der Waals surface area contributed by atoms with Crippen LogP contribution in [0.2, 0.25) is 0 Å². The van der Waals surface area contributed by atoms with Gasteiger partial charge in [-0.1, -0.05) is 58.0 Å². The predicted molar refractivity (Wildman–Crippen MR) is 130 cm³/mol. The van der Waals surface area contributed by atoms with Crippen molar-refractivity contribution < 1.29 is 22.7 Å². The molecule has 0 aliphatic rings. The first-order chi connectivity index (χ1) is 15.0. The second kappa shape index (κ2) is 10.7. The molecule has 3 aromatic rings. The zero-order valence-electron chi connectivity index (χ0n) is 19.1. The number of halogens is 4. The van der Waals surface area contributed by atoms with Gasteiger partial charge in [0.1, 0.15) is 11.3 Å². The molecule has 0 saturated carbocycles. The maximum Gasteiger partial charge on any atom is 0.450 e. The molecule has 0 fully saturated rings. The van der Waals surface area contributed by atoms with Crippen LogP contribution in [-0.2, 0) is 12.7 Å². The summed E-state index contributed by atoms with van der Waals surface area (Å²) in [4.78, 5) is 15.3. The van der Waals surface area contributed by atoms with Gasteiger partial charge in [-0.15, -0.1) is 17.0 Å². The van der Waals surface area contributed by atoms with E-state index in [1.807, 2.05) is 27.7 Å². The molecule has 3 rings (SSSR count). The van der Waals surface area contributed by atoms with Gasteiger partial charge >= 0.3 is 6.18 Å². The molecule has 180 valence electrons. The molecule has 0 aliphatic carbocycles. The Bertz CT molecular complexity index is 1130. The van der Waals surface area contributed by atoms with Crippen LogP contribution in [0.15, 0.2) is 51.7 Å². The summed E-state index contributed by atoms with van der Waals surface area (Å²) in [7, 11) is 0. The molecular formula is C25H29BrF3NO3. The average molecular weight is 528 g/mol. The second-order valence-electron chi connectivity index (χ2n) is 8.92. The van der Waals surface area contributed by atoms with Gasteiger partial charge < -0.3 is 9.52 Å². The minimum atomic E-state index is -4.88. The Hall–Kier alpha value is -2.32. The van der Waals surface area contributed by atoms with Crippen molar-refractivity contribution in [2.24, 2.45) is 11.8 Å². The fraction of sp³-hybridized carbons (Fsp3) is 0.400. The molecule has 0 atom stereocenters.